The minimum absolute atomic E-state index is 0.101. The van der Waals surface area contributed by atoms with Gasteiger partial charge in [-0.15, -0.1) is 0 Å². The summed E-state index contributed by atoms with van der Waals surface area (Å²) < 4.78 is 15.2. The highest BCUT2D eigenvalue weighted by atomic mass is 32.2. The van der Waals surface area contributed by atoms with Gasteiger partial charge in [-0.05, 0) is 11.6 Å². The molecule has 1 aromatic carbocycles. The van der Waals surface area contributed by atoms with Crippen LogP contribution in [0.2, 0.25) is 0 Å². The van der Waals surface area contributed by atoms with E-state index >= 15 is 0 Å². The molecular weight excluding hydrogens is 285 g/mol. The van der Waals surface area contributed by atoms with Gasteiger partial charge in [-0.2, -0.15) is 4.39 Å². The first-order chi connectivity index (χ1) is 9.52. The molecule has 1 heterocycles. The second-order valence-electron chi connectivity index (χ2n) is 4.08. The molecule has 20 heavy (non-hydrogen) atoms. The monoisotopic (exact) mass is 297 g/mol. The van der Waals surface area contributed by atoms with Gasteiger partial charge in [0.2, 0.25) is 5.82 Å². The molecule has 0 spiro atoms. The fourth-order valence-corrected chi connectivity index (χ4v) is 2.56. The number of hydrogen-bond donors (Lipinski definition) is 1. The summed E-state index contributed by atoms with van der Waals surface area (Å²) in [6.45, 7) is -0.101. The Bertz CT molecular complexity index is 645. The van der Waals surface area contributed by atoms with Crippen LogP contribution in [0, 0.1) is 15.9 Å². The van der Waals surface area contributed by atoms with Crippen LogP contribution in [0.3, 0.4) is 0 Å². The minimum Gasteiger partial charge on any atom is -0.390 e. The summed E-state index contributed by atoms with van der Waals surface area (Å²) in [7, 11) is 1.78. The van der Waals surface area contributed by atoms with Crippen molar-refractivity contribution in [1.29, 1.82) is 0 Å². The van der Waals surface area contributed by atoms with Crippen LogP contribution >= 0.6 is 11.8 Å². The Morgan fingerprint density at radius 2 is 2.30 bits per heavy atom. The number of thioether (sulfide) groups is 1. The Morgan fingerprint density at radius 3 is 2.85 bits per heavy atom. The highest BCUT2D eigenvalue weighted by molar-refractivity contribution is 7.98. The van der Waals surface area contributed by atoms with Crippen molar-refractivity contribution >= 4 is 17.4 Å². The van der Waals surface area contributed by atoms with Crippen molar-refractivity contribution < 1.29 is 14.4 Å². The SMILES string of the molecule is Cn1c(CO)cnc1SCc1ccc([N+](=O)[O-])c(F)c1. The second kappa shape index (κ2) is 6.02. The lowest BCUT2D eigenvalue weighted by Crippen LogP contribution is -1.98. The van der Waals surface area contributed by atoms with Crippen LogP contribution in [-0.2, 0) is 19.4 Å². The Hall–Kier alpha value is -1.93. The number of aliphatic hydroxyl groups is 1. The van der Waals surface area contributed by atoms with Crippen LogP contribution in [0.25, 0.3) is 0 Å². The molecule has 0 aliphatic carbocycles. The summed E-state index contributed by atoms with van der Waals surface area (Å²) in [6, 6.07) is 3.83. The second-order valence-corrected chi connectivity index (χ2v) is 5.02. The van der Waals surface area contributed by atoms with Crippen LogP contribution in [0.15, 0.2) is 29.6 Å². The van der Waals surface area contributed by atoms with E-state index in [1.807, 2.05) is 0 Å². The first-order valence-electron chi connectivity index (χ1n) is 5.70. The van der Waals surface area contributed by atoms with Gasteiger partial charge in [0.05, 0.1) is 23.4 Å². The van der Waals surface area contributed by atoms with E-state index in [9.17, 15) is 14.5 Å². The third-order valence-corrected chi connectivity index (χ3v) is 3.90. The van der Waals surface area contributed by atoms with Gasteiger partial charge in [0.25, 0.3) is 0 Å². The predicted molar refractivity (Wildman–Crippen MR) is 71.7 cm³/mol. The van der Waals surface area contributed by atoms with E-state index in [2.05, 4.69) is 4.98 Å². The molecule has 106 valence electrons. The van der Waals surface area contributed by atoms with Gasteiger partial charge < -0.3 is 9.67 Å². The summed E-state index contributed by atoms with van der Waals surface area (Å²) in [5, 5.41) is 20.3. The van der Waals surface area contributed by atoms with E-state index in [1.54, 1.807) is 17.8 Å². The summed E-state index contributed by atoms with van der Waals surface area (Å²) in [6.07, 6.45) is 1.57. The Kier molecular flexibility index (Phi) is 4.35. The van der Waals surface area contributed by atoms with Crippen LogP contribution in [0.5, 0.6) is 0 Å². The molecule has 0 saturated heterocycles. The third-order valence-electron chi connectivity index (χ3n) is 2.78. The number of hydrogen-bond acceptors (Lipinski definition) is 5. The highest BCUT2D eigenvalue weighted by Gasteiger charge is 2.14. The lowest BCUT2D eigenvalue weighted by molar-refractivity contribution is -0.387. The maximum Gasteiger partial charge on any atom is 0.304 e. The molecule has 1 N–H and O–H groups in total. The summed E-state index contributed by atoms with van der Waals surface area (Å²) in [5.41, 5.74) is 0.785. The van der Waals surface area contributed by atoms with Crippen molar-refractivity contribution in [1.82, 2.24) is 9.55 Å². The maximum atomic E-state index is 13.5. The number of nitro groups is 1. The molecule has 0 saturated carbocycles. The Balaban J connectivity index is 2.09. The van der Waals surface area contributed by atoms with E-state index in [1.165, 1.54) is 17.8 Å². The highest BCUT2D eigenvalue weighted by Crippen LogP contribution is 2.25. The number of halogens is 1. The van der Waals surface area contributed by atoms with Gasteiger partial charge in [0.1, 0.15) is 0 Å². The largest absolute Gasteiger partial charge is 0.390 e. The molecule has 0 fully saturated rings. The zero-order chi connectivity index (χ0) is 14.7. The lowest BCUT2D eigenvalue weighted by Gasteiger charge is -2.04. The number of benzene rings is 1. The zero-order valence-electron chi connectivity index (χ0n) is 10.6. The summed E-state index contributed by atoms with van der Waals surface area (Å²) in [5.74, 6) is -0.408. The minimum atomic E-state index is -0.844. The molecule has 0 atom stereocenters. The molecule has 8 heteroatoms. The summed E-state index contributed by atoms with van der Waals surface area (Å²) >= 11 is 1.36. The average molecular weight is 297 g/mol. The molecule has 0 aliphatic heterocycles. The molecule has 6 nitrogen and oxygen atoms in total. The number of aromatic nitrogens is 2. The van der Waals surface area contributed by atoms with Crippen LogP contribution in [0.1, 0.15) is 11.3 Å². The number of nitrogens with zero attached hydrogens (tertiary/aromatic N) is 3. The van der Waals surface area contributed by atoms with Crippen LogP contribution < -0.4 is 0 Å². The van der Waals surface area contributed by atoms with E-state index in [0.717, 1.165) is 12.1 Å². The number of aliphatic hydroxyl groups excluding tert-OH is 1. The van der Waals surface area contributed by atoms with E-state index in [-0.39, 0.29) is 6.61 Å². The fraction of sp³-hybridized carbons (Fsp3) is 0.250. The molecule has 0 amide bonds. The van der Waals surface area contributed by atoms with E-state index in [4.69, 9.17) is 5.11 Å². The van der Waals surface area contributed by atoms with Gasteiger partial charge in [-0.3, -0.25) is 10.1 Å². The number of imidazole rings is 1. The van der Waals surface area contributed by atoms with Gasteiger partial charge in [-0.1, -0.05) is 17.8 Å². The fourth-order valence-electron chi connectivity index (χ4n) is 1.64. The lowest BCUT2D eigenvalue weighted by atomic mass is 10.2. The van der Waals surface area contributed by atoms with Crippen LogP contribution in [-0.4, -0.2) is 19.6 Å². The zero-order valence-corrected chi connectivity index (χ0v) is 11.4. The number of nitro benzene ring substituents is 1. The Labute approximate surface area is 118 Å². The molecule has 0 bridgehead atoms. The molecule has 0 unspecified atom stereocenters. The molecule has 0 radical (unpaired) electrons. The van der Waals surface area contributed by atoms with E-state index < -0.39 is 16.4 Å². The molecule has 1 aromatic heterocycles. The Morgan fingerprint density at radius 1 is 1.55 bits per heavy atom. The van der Waals surface area contributed by atoms with Crippen molar-refractivity contribution in [3.05, 3.63) is 51.6 Å². The van der Waals surface area contributed by atoms with Gasteiger partial charge in [0, 0.05) is 18.9 Å². The van der Waals surface area contributed by atoms with Crippen molar-refractivity contribution in [2.75, 3.05) is 0 Å². The molecule has 0 aliphatic rings. The van der Waals surface area contributed by atoms with E-state index in [0.29, 0.717) is 22.2 Å². The number of rotatable bonds is 5. The van der Waals surface area contributed by atoms with Crippen molar-refractivity contribution in [3.63, 3.8) is 0 Å². The van der Waals surface area contributed by atoms with Crippen molar-refractivity contribution in [3.8, 4) is 0 Å². The quantitative estimate of drug-likeness (QED) is 0.520. The average Bonchev–Trinajstić information content (AvgIpc) is 2.76. The third kappa shape index (κ3) is 2.97. The standard InChI is InChI=1S/C12H12FN3O3S/c1-15-9(6-17)5-14-12(15)20-7-8-2-3-11(16(18)19)10(13)4-8/h2-5,17H,6-7H2,1H3. The first-order valence-corrected chi connectivity index (χ1v) is 6.68. The van der Waals surface area contributed by atoms with Gasteiger partial charge in [0.15, 0.2) is 5.16 Å². The van der Waals surface area contributed by atoms with Crippen molar-refractivity contribution in [2.45, 2.75) is 17.5 Å². The predicted octanol–water partition coefficient (Wildman–Crippen LogP) is 2.25. The van der Waals surface area contributed by atoms with Gasteiger partial charge in [-0.25, -0.2) is 4.98 Å². The smallest absolute Gasteiger partial charge is 0.304 e. The van der Waals surface area contributed by atoms with Crippen LogP contribution in [0.4, 0.5) is 10.1 Å². The molecule has 2 rings (SSSR count). The normalized spacial score (nSPS) is 10.8. The van der Waals surface area contributed by atoms with Crippen molar-refractivity contribution in [2.24, 2.45) is 7.05 Å². The maximum absolute atomic E-state index is 13.5. The summed E-state index contributed by atoms with van der Waals surface area (Å²) in [4.78, 5) is 13.9. The first kappa shape index (κ1) is 14.5. The topological polar surface area (TPSA) is 81.2 Å². The van der Waals surface area contributed by atoms with Gasteiger partial charge >= 0.3 is 5.69 Å². The molecule has 2 aromatic rings. The molecular formula is C12H12FN3O3S.